The second-order valence-corrected chi connectivity index (χ2v) is 26.4. The molecule has 0 bridgehead atoms. The van der Waals surface area contributed by atoms with Crippen LogP contribution in [0.1, 0.15) is 43.0 Å². The Morgan fingerprint density at radius 2 is 1.06 bits per heavy atom. The number of ether oxygens (including phenoxy) is 1. The third-order valence-electron chi connectivity index (χ3n) is 16.8. The van der Waals surface area contributed by atoms with E-state index in [4.69, 9.17) is 4.74 Å². The standard InChI is InChI=1S/C73H59BN2OSi/c1-48-31-36-55(37-32-48)75(65-43-53(34-33-50(65)3)51-21-11-7-12-22-51)56-38-39-62-68(45-56)77-69-42-49(2)41-67-72(69)74(62)63-47-71-61(46-66(63)76(67)64-40-35-54(73(4,5)6)44-60(64)52-23-13-8-14-24-52)59-29-19-20-30-70(59)78(71,57-25-15-9-16-26-57)58-27-17-10-18-28-58/h7-47H,1-6H3. The lowest BCUT2D eigenvalue weighted by Crippen LogP contribution is -2.73. The Morgan fingerprint density at radius 1 is 0.423 bits per heavy atom. The second kappa shape index (κ2) is 18.4. The van der Waals surface area contributed by atoms with Crippen LogP contribution in [0.2, 0.25) is 0 Å². The minimum Gasteiger partial charge on any atom is -0.458 e. The summed E-state index contributed by atoms with van der Waals surface area (Å²) < 4.78 is 7.47. The first kappa shape index (κ1) is 47.5. The summed E-state index contributed by atoms with van der Waals surface area (Å²) in [6.07, 6.45) is 0. The van der Waals surface area contributed by atoms with Gasteiger partial charge in [-0.1, -0.05) is 214 Å². The molecule has 0 unspecified atom stereocenters. The quantitative estimate of drug-likeness (QED) is 0.141. The third kappa shape index (κ3) is 7.55. The molecule has 78 heavy (non-hydrogen) atoms. The zero-order valence-corrected chi connectivity index (χ0v) is 46.1. The molecule has 14 rings (SSSR count). The number of hydrogen-bond acceptors (Lipinski definition) is 3. The molecular formula is C73H59BN2OSi. The molecule has 3 nitrogen and oxygen atoms in total. The second-order valence-electron chi connectivity index (χ2n) is 22.7. The zero-order chi connectivity index (χ0) is 52.9. The number of nitrogens with zero attached hydrogens (tertiary/aromatic N) is 2. The highest BCUT2D eigenvalue weighted by atomic mass is 28.3. The van der Waals surface area contributed by atoms with Crippen molar-refractivity contribution in [1.82, 2.24) is 0 Å². The summed E-state index contributed by atoms with van der Waals surface area (Å²) in [5.74, 6) is 1.76. The van der Waals surface area contributed by atoms with Crippen LogP contribution in [0.15, 0.2) is 249 Å². The molecule has 374 valence electrons. The van der Waals surface area contributed by atoms with Gasteiger partial charge in [-0.15, -0.1) is 0 Å². The molecule has 0 atom stereocenters. The lowest BCUT2D eigenvalue weighted by Gasteiger charge is -2.42. The van der Waals surface area contributed by atoms with E-state index in [-0.39, 0.29) is 12.1 Å². The molecule has 0 spiro atoms. The number of hydrogen-bond donors (Lipinski definition) is 0. The third-order valence-corrected chi connectivity index (χ3v) is 21.6. The molecule has 0 aromatic heterocycles. The maximum Gasteiger partial charge on any atom is 0.256 e. The average molecular weight is 1020 g/mol. The largest absolute Gasteiger partial charge is 0.458 e. The SMILES string of the molecule is Cc1ccc(N(c2ccc3c(c2)Oc2cc(C)cc4c2B3c2cc3c(cc2N4c2ccc(C(C)(C)C)cc2-c2ccccc2)-c2ccccc2[Si]3(c2ccccc2)c2ccccc2)c2cc(-c3ccccc3)ccc2C)cc1. The first-order chi connectivity index (χ1) is 38.0. The summed E-state index contributed by atoms with van der Waals surface area (Å²) in [7, 11) is -2.90. The molecule has 3 aliphatic heterocycles. The Bertz CT molecular complexity index is 4090. The van der Waals surface area contributed by atoms with Crippen molar-refractivity contribution >= 4 is 86.0 Å². The van der Waals surface area contributed by atoms with E-state index in [2.05, 4.69) is 300 Å². The number of anilines is 6. The van der Waals surface area contributed by atoms with Crippen molar-refractivity contribution in [2.75, 3.05) is 9.80 Å². The minimum absolute atomic E-state index is 0.0579. The molecule has 0 fully saturated rings. The predicted molar refractivity (Wildman–Crippen MR) is 333 cm³/mol. The van der Waals surface area contributed by atoms with Crippen molar-refractivity contribution in [2.45, 2.75) is 47.0 Å². The fourth-order valence-corrected chi connectivity index (χ4v) is 18.2. The van der Waals surface area contributed by atoms with E-state index in [0.717, 1.165) is 51.0 Å². The highest BCUT2D eigenvalue weighted by Crippen LogP contribution is 2.48. The Hall–Kier alpha value is -8.90. The Labute approximate surface area is 460 Å². The summed E-state index contributed by atoms with van der Waals surface area (Å²) in [5, 5.41) is 5.62. The van der Waals surface area contributed by atoms with Gasteiger partial charge in [0.05, 0.1) is 5.69 Å². The smallest absolute Gasteiger partial charge is 0.256 e. The molecular weight excluding hydrogens is 960 g/mol. The van der Waals surface area contributed by atoms with Crippen LogP contribution >= 0.6 is 0 Å². The average Bonchev–Trinajstić information content (AvgIpc) is 3.61. The van der Waals surface area contributed by atoms with Gasteiger partial charge in [0.2, 0.25) is 0 Å². The van der Waals surface area contributed by atoms with Gasteiger partial charge in [-0.2, -0.15) is 0 Å². The highest BCUT2D eigenvalue weighted by Gasteiger charge is 2.51. The lowest BCUT2D eigenvalue weighted by atomic mass is 9.34. The molecule has 0 N–H and O–H groups in total. The number of benzene rings is 11. The maximum atomic E-state index is 7.47. The van der Waals surface area contributed by atoms with E-state index in [0.29, 0.717) is 0 Å². The molecule has 0 amide bonds. The lowest BCUT2D eigenvalue weighted by molar-refractivity contribution is 0.487. The molecule has 0 saturated carbocycles. The number of fused-ring (bicyclic) bond motifs is 7. The van der Waals surface area contributed by atoms with E-state index in [1.807, 2.05) is 0 Å². The predicted octanol–water partition coefficient (Wildman–Crippen LogP) is 14.5. The summed E-state index contributed by atoms with van der Waals surface area (Å²) >= 11 is 0. The Morgan fingerprint density at radius 3 is 1.76 bits per heavy atom. The monoisotopic (exact) mass is 1020 g/mol. The summed E-state index contributed by atoms with van der Waals surface area (Å²) in [6.45, 7) is 13.4. The summed E-state index contributed by atoms with van der Waals surface area (Å²) in [6, 6.07) is 93.6. The van der Waals surface area contributed by atoms with Crippen LogP contribution < -0.4 is 51.7 Å². The van der Waals surface area contributed by atoms with Gasteiger partial charge in [0.1, 0.15) is 11.5 Å². The van der Waals surface area contributed by atoms with E-state index < -0.39 is 8.07 Å². The Balaban J connectivity index is 1.05. The van der Waals surface area contributed by atoms with Crippen molar-refractivity contribution in [1.29, 1.82) is 0 Å². The fraction of sp³-hybridized carbons (Fsp3) is 0.0959. The molecule has 3 aliphatic rings. The van der Waals surface area contributed by atoms with Gasteiger partial charge in [0.25, 0.3) is 6.71 Å². The van der Waals surface area contributed by atoms with Gasteiger partial charge in [0.15, 0.2) is 8.07 Å². The van der Waals surface area contributed by atoms with Crippen LogP contribution in [-0.4, -0.2) is 14.8 Å². The first-order valence-electron chi connectivity index (χ1n) is 27.4. The zero-order valence-electron chi connectivity index (χ0n) is 45.1. The molecule has 5 heteroatoms. The van der Waals surface area contributed by atoms with Crippen LogP contribution in [0.4, 0.5) is 34.1 Å². The number of rotatable bonds is 8. The topological polar surface area (TPSA) is 15.7 Å². The minimum atomic E-state index is -2.90. The van der Waals surface area contributed by atoms with Crippen molar-refractivity contribution in [2.24, 2.45) is 0 Å². The van der Waals surface area contributed by atoms with E-state index >= 15 is 0 Å². The van der Waals surface area contributed by atoms with Crippen LogP contribution in [0.5, 0.6) is 11.5 Å². The van der Waals surface area contributed by atoms with Crippen LogP contribution in [-0.2, 0) is 5.41 Å². The van der Waals surface area contributed by atoms with Gasteiger partial charge in [-0.3, -0.25) is 0 Å². The van der Waals surface area contributed by atoms with E-state index in [9.17, 15) is 0 Å². The molecule has 11 aromatic rings. The normalized spacial score (nSPS) is 13.4. The molecule has 0 saturated heterocycles. The molecule has 0 aliphatic carbocycles. The fourth-order valence-electron chi connectivity index (χ4n) is 13.0. The summed E-state index contributed by atoms with van der Waals surface area (Å²) in [5.41, 5.74) is 22.5. The van der Waals surface area contributed by atoms with Gasteiger partial charge in [-0.25, -0.2) is 0 Å². The van der Waals surface area contributed by atoms with Crippen LogP contribution in [0.25, 0.3) is 33.4 Å². The molecule has 11 aromatic carbocycles. The molecule has 3 heterocycles. The van der Waals surface area contributed by atoms with Gasteiger partial charge >= 0.3 is 0 Å². The molecule has 0 radical (unpaired) electrons. The van der Waals surface area contributed by atoms with E-state index in [1.165, 1.54) is 87.4 Å². The van der Waals surface area contributed by atoms with Crippen molar-refractivity contribution < 1.29 is 4.74 Å². The van der Waals surface area contributed by atoms with Gasteiger partial charge in [0, 0.05) is 40.1 Å². The number of aryl methyl sites for hydroxylation is 3. The van der Waals surface area contributed by atoms with Crippen LogP contribution in [0.3, 0.4) is 0 Å². The van der Waals surface area contributed by atoms with Crippen molar-refractivity contribution in [3.8, 4) is 44.9 Å². The van der Waals surface area contributed by atoms with Crippen molar-refractivity contribution in [3.05, 3.63) is 271 Å². The van der Waals surface area contributed by atoms with Crippen LogP contribution in [0, 0.1) is 20.8 Å². The highest BCUT2D eigenvalue weighted by molar-refractivity contribution is 7.22. The first-order valence-corrected chi connectivity index (χ1v) is 29.4. The van der Waals surface area contributed by atoms with Gasteiger partial charge < -0.3 is 14.5 Å². The van der Waals surface area contributed by atoms with E-state index in [1.54, 1.807) is 0 Å². The van der Waals surface area contributed by atoms with Crippen molar-refractivity contribution in [3.63, 3.8) is 0 Å². The summed E-state index contributed by atoms with van der Waals surface area (Å²) in [4.78, 5) is 5.00. The van der Waals surface area contributed by atoms with Gasteiger partial charge in [-0.05, 0) is 162 Å². The maximum absolute atomic E-state index is 7.47. The Kier molecular flexibility index (Phi) is 11.2.